The Morgan fingerprint density at radius 1 is 0.645 bits per heavy atom. The quantitative estimate of drug-likeness (QED) is 0.118. The van der Waals surface area contributed by atoms with Crippen molar-refractivity contribution in [3.05, 3.63) is 142 Å². The number of aromatic carboxylic acids is 1. The van der Waals surface area contributed by atoms with Crippen LogP contribution in [0.1, 0.15) is 81.5 Å². The Balaban J connectivity index is 0.000000272. The van der Waals surface area contributed by atoms with Gasteiger partial charge in [0, 0.05) is 55.1 Å². The van der Waals surface area contributed by atoms with Crippen LogP contribution in [-0.2, 0) is 28.5 Å². The van der Waals surface area contributed by atoms with E-state index in [-0.39, 0.29) is 64.7 Å². The number of benzene rings is 4. The molecule has 2 aliphatic rings. The fourth-order valence-corrected chi connectivity index (χ4v) is 6.41. The molecule has 0 aliphatic carbocycles. The van der Waals surface area contributed by atoms with Gasteiger partial charge < -0.3 is 35.1 Å². The molecule has 0 aromatic heterocycles. The number of carbonyl (C=O) groups excluding carboxylic acids is 3. The molecule has 4 N–H and O–H groups in total. The summed E-state index contributed by atoms with van der Waals surface area (Å²) in [6.45, 7) is 3.43. The lowest BCUT2D eigenvalue weighted by Crippen LogP contribution is -2.42. The highest BCUT2D eigenvalue weighted by Gasteiger charge is 2.36. The van der Waals surface area contributed by atoms with Crippen molar-refractivity contribution in [1.29, 1.82) is 0 Å². The van der Waals surface area contributed by atoms with Crippen molar-refractivity contribution in [3.63, 3.8) is 0 Å². The minimum atomic E-state index is -0.983. The molecule has 4 aromatic rings. The Kier molecular flexibility index (Phi) is 20.8. The first-order valence-corrected chi connectivity index (χ1v) is 19.6. The van der Waals surface area contributed by atoms with Crippen LogP contribution in [0.5, 0.6) is 0 Å². The van der Waals surface area contributed by atoms with E-state index in [0.717, 1.165) is 12.8 Å². The lowest BCUT2D eigenvalue weighted by atomic mass is 9.77. The first kappa shape index (κ1) is 50.3. The first-order valence-electron chi connectivity index (χ1n) is 19.6. The van der Waals surface area contributed by atoms with E-state index in [1.807, 2.05) is 0 Å². The van der Waals surface area contributed by atoms with E-state index < -0.39 is 5.97 Å². The maximum absolute atomic E-state index is 13.6. The van der Waals surface area contributed by atoms with Crippen molar-refractivity contribution in [2.45, 2.75) is 38.5 Å². The number of rotatable bonds is 9. The van der Waals surface area contributed by atoms with Crippen molar-refractivity contribution in [1.82, 2.24) is 5.32 Å². The number of amides is 1. The molecule has 2 heterocycles. The summed E-state index contributed by atoms with van der Waals surface area (Å²) in [6.07, 6.45) is 3.76. The monoisotopic (exact) mass is 872 g/mol. The average molecular weight is 873 g/mol. The van der Waals surface area contributed by atoms with Crippen LogP contribution in [0.15, 0.2) is 97.1 Å². The standard InChI is InChI=1S/C24H24FNO4.C15H9FO2.C9H17NO3.ClH/c1-29-22(27)16-24(12-14-30-15-13-24)17-26-23(28)20-10-7-18(8-11-20)6-9-19-4-2-3-5-21(19)25;16-14-4-2-1-3-12(14)8-5-11-6-9-13(10-7-11)15(17)18;1-12-8(11)6-9(7-10)2-4-13-5-3-9;/h2-5,7-8,10-11H,12-17H2,1H3,(H,26,28);1-4,6-7,9-10H,(H,17,18);2-7,10H2,1H3;1H. The van der Waals surface area contributed by atoms with E-state index in [0.29, 0.717) is 86.6 Å². The molecule has 2 fully saturated rings. The molecular formula is C48H51ClF2N2O9. The zero-order valence-corrected chi connectivity index (χ0v) is 35.5. The molecule has 62 heavy (non-hydrogen) atoms. The molecule has 0 bridgehead atoms. The van der Waals surface area contributed by atoms with Crippen LogP contribution in [0.25, 0.3) is 0 Å². The van der Waals surface area contributed by atoms with Crippen LogP contribution in [-0.4, -0.2) is 82.7 Å². The van der Waals surface area contributed by atoms with E-state index in [4.69, 9.17) is 25.1 Å². The van der Waals surface area contributed by atoms with Gasteiger partial charge in [-0.15, -0.1) is 12.4 Å². The Morgan fingerprint density at radius 2 is 1.05 bits per heavy atom. The summed E-state index contributed by atoms with van der Waals surface area (Å²) in [6, 6.07) is 25.5. The lowest BCUT2D eigenvalue weighted by molar-refractivity contribution is -0.146. The molecule has 328 valence electrons. The normalized spacial score (nSPS) is 14.3. The summed E-state index contributed by atoms with van der Waals surface area (Å²) in [5.41, 5.74) is 7.91. The molecule has 1 amide bonds. The third kappa shape index (κ3) is 16.1. The fraction of sp³-hybridized carbons (Fsp3) is 0.333. The van der Waals surface area contributed by atoms with Gasteiger partial charge in [0.2, 0.25) is 0 Å². The lowest BCUT2D eigenvalue weighted by Gasteiger charge is -2.36. The smallest absolute Gasteiger partial charge is 0.335 e. The molecule has 0 spiro atoms. The molecule has 4 aromatic carbocycles. The SMILES string of the molecule is COC(=O)CC1(CN)CCOCC1.COC(=O)CC1(CNC(=O)c2ccc(C#Cc3ccccc3F)cc2)CCOCC1.Cl.O=C(O)c1ccc(C#Cc2ccccc2F)cc1. The summed E-state index contributed by atoms with van der Waals surface area (Å²) >= 11 is 0. The van der Waals surface area contributed by atoms with Crippen molar-refractivity contribution >= 4 is 36.2 Å². The molecule has 11 nitrogen and oxygen atoms in total. The minimum absolute atomic E-state index is 0. The molecule has 2 aliphatic heterocycles. The second kappa shape index (κ2) is 25.6. The Morgan fingerprint density at radius 3 is 1.45 bits per heavy atom. The van der Waals surface area contributed by atoms with Crippen molar-refractivity contribution in [2.75, 3.05) is 53.7 Å². The van der Waals surface area contributed by atoms with Crippen molar-refractivity contribution in [2.24, 2.45) is 16.6 Å². The maximum atomic E-state index is 13.6. The van der Waals surface area contributed by atoms with E-state index >= 15 is 0 Å². The van der Waals surface area contributed by atoms with Gasteiger partial charge in [0.05, 0.1) is 43.8 Å². The summed E-state index contributed by atoms with van der Waals surface area (Å²) in [5, 5.41) is 11.7. The van der Waals surface area contributed by atoms with Crippen LogP contribution in [0.3, 0.4) is 0 Å². The first-order chi connectivity index (χ1) is 29.4. The molecule has 6 rings (SSSR count). The molecule has 0 saturated carbocycles. The Labute approximate surface area is 367 Å². The van der Waals surface area contributed by atoms with E-state index in [2.05, 4.69) is 33.7 Å². The van der Waals surface area contributed by atoms with E-state index in [1.165, 1.54) is 38.5 Å². The Bertz CT molecular complexity index is 2220. The van der Waals surface area contributed by atoms with Crippen molar-refractivity contribution in [3.8, 4) is 23.7 Å². The van der Waals surface area contributed by atoms with Gasteiger partial charge in [-0.1, -0.05) is 47.9 Å². The predicted molar refractivity (Wildman–Crippen MR) is 231 cm³/mol. The third-order valence-corrected chi connectivity index (χ3v) is 10.4. The second-order valence-corrected chi connectivity index (χ2v) is 14.5. The number of carboxylic acids is 1. The highest BCUT2D eigenvalue weighted by molar-refractivity contribution is 5.94. The van der Waals surface area contributed by atoms with Crippen LogP contribution < -0.4 is 11.1 Å². The summed E-state index contributed by atoms with van der Waals surface area (Å²) < 4.78 is 47.0. The summed E-state index contributed by atoms with van der Waals surface area (Å²) in [5.74, 6) is 8.78. The topological polar surface area (TPSA) is 163 Å². The number of methoxy groups -OCH3 is 2. The number of carbonyl (C=O) groups is 4. The molecular weight excluding hydrogens is 822 g/mol. The zero-order chi connectivity index (χ0) is 44.1. The zero-order valence-electron chi connectivity index (χ0n) is 34.7. The highest BCUT2D eigenvalue weighted by Crippen LogP contribution is 2.34. The largest absolute Gasteiger partial charge is 0.478 e. The van der Waals surface area contributed by atoms with Gasteiger partial charge in [-0.3, -0.25) is 14.4 Å². The molecule has 0 radical (unpaired) electrons. The minimum Gasteiger partial charge on any atom is -0.478 e. The number of hydrogen-bond acceptors (Lipinski definition) is 9. The van der Waals surface area contributed by atoms with Crippen LogP contribution in [0.4, 0.5) is 8.78 Å². The van der Waals surface area contributed by atoms with Gasteiger partial charge in [-0.2, -0.15) is 0 Å². The van der Waals surface area contributed by atoms with Gasteiger partial charge in [0.25, 0.3) is 5.91 Å². The Hall–Kier alpha value is -6.09. The second-order valence-electron chi connectivity index (χ2n) is 14.5. The van der Waals surface area contributed by atoms with Crippen molar-refractivity contribution < 1.29 is 52.0 Å². The number of ether oxygens (including phenoxy) is 4. The number of esters is 2. The molecule has 14 heteroatoms. The average Bonchev–Trinajstić information content (AvgIpc) is 3.29. The van der Waals surface area contributed by atoms with E-state index in [9.17, 15) is 28.0 Å². The fourth-order valence-electron chi connectivity index (χ4n) is 6.41. The molecule has 0 atom stereocenters. The van der Waals surface area contributed by atoms with Gasteiger partial charge in [-0.05, 0) is 110 Å². The van der Waals surface area contributed by atoms with Crippen LogP contribution >= 0.6 is 12.4 Å². The van der Waals surface area contributed by atoms with Gasteiger partial charge in [0.1, 0.15) is 11.6 Å². The third-order valence-electron chi connectivity index (χ3n) is 10.4. The number of hydrogen-bond donors (Lipinski definition) is 3. The summed E-state index contributed by atoms with van der Waals surface area (Å²) in [4.78, 5) is 46.2. The van der Waals surface area contributed by atoms with Crippen LogP contribution in [0.2, 0.25) is 0 Å². The predicted octanol–water partition coefficient (Wildman–Crippen LogP) is 6.97. The number of nitrogens with one attached hydrogen (secondary N) is 1. The van der Waals surface area contributed by atoms with Gasteiger partial charge >= 0.3 is 17.9 Å². The van der Waals surface area contributed by atoms with Crippen LogP contribution in [0, 0.1) is 46.1 Å². The van der Waals surface area contributed by atoms with Gasteiger partial charge in [-0.25, -0.2) is 13.6 Å². The van der Waals surface area contributed by atoms with E-state index in [1.54, 1.807) is 72.8 Å². The molecule has 0 unspecified atom stereocenters. The molecule has 2 saturated heterocycles. The maximum Gasteiger partial charge on any atom is 0.335 e. The number of nitrogens with two attached hydrogens (primary N) is 1. The highest BCUT2D eigenvalue weighted by atomic mass is 35.5. The number of carboxylic acid groups (broad SMARTS) is 1. The van der Waals surface area contributed by atoms with Gasteiger partial charge in [0.15, 0.2) is 0 Å². The summed E-state index contributed by atoms with van der Waals surface area (Å²) in [7, 11) is 2.77. The number of halogens is 3.